The summed E-state index contributed by atoms with van der Waals surface area (Å²) in [5.41, 5.74) is 4.07. The fraction of sp³-hybridized carbons (Fsp3) is 0.348. The summed E-state index contributed by atoms with van der Waals surface area (Å²) < 4.78 is 43.3. The van der Waals surface area contributed by atoms with E-state index in [0.29, 0.717) is 5.56 Å². The number of ether oxygens (including phenoxy) is 1. The topological polar surface area (TPSA) is 134 Å². The van der Waals surface area contributed by atoms with E-state index in [1.807, 2.05) is 0 Å². The molecule has 12 heteroatoms. The number of hydrazine groups is 1. The van der Waals surface area contributed by atoms with E-state index in [-0.39, 0.29) is 16.8 Å². The molecule has 0 heterocycles. The molecule has 0 fully saturated rings. The van der Waals surface area contributed by atoms with Crippen molar-refractivity contribution in [2.24, 2.45) is 0 Å². The normalized spacial score (nSPS) is 12.3. The van der Waals surface area contributed by atoms with Crippen LogP contribution < -0.4 is 20.5 Å². The van der Waals surface area contributed by atoms with E-state index in [4.69, 9.17) is 4.74 Å². The van der Waals surface area contributed by atoms with Crippen LogP contribution in [0.15, 0.2) is 42.5 Å². The average molecular weight is 509 g/mol. The van der Waals surface area contributed by atoms with Gasteiger partial charge < -0.3 is 10.1 Å². The van der Waals surface area contributed by atoms with E-state index < -0.39 is 45.4 Å². The van der Waals surface area contributed by atoms with Crippen LogP contribution in [0.3, 0.4) is 0 Å². The van der Waals surface area contributed by atoms with Crippen molar-refractivity contribution in [2.75, 3.05) is 17.6 Å². The van der Waals surface area contributed by atoms with Crippen molar-refractivity contribution in [3.05, 3.63) is 65.0 Å². The summed E-state index contributed by atoms with van der Waals surface area (Å²) in [6.07, 6.45) is 0.0708. The van der Waals surface area contributed by atoms with Gasteiger partial charge in [0.15, 0.2) is 0 Å². The first kappa shape index (κ1) is 27.6. The van der Waals surface area contributed by atoms with Crippen molar-refractivity contribution >= 4 is 33.6 Å². The van der Waals surface area contributed by atoms with Crippen LogP contribution in [0.1, 0.15) is 60.0 Å². The molecule has 190 valence electrons. The van der Waals surface area contributed by atoms with Crippen LogP contribution >= 0.6 is 0 Å². The van der Waals surface area contributed by atoms with Gasteiger partial charge in [-0.15, -0.1) is 0 Å². The summed E-state index contributed by atoms with van der Waals surface area (Å²) >= 11 is 0. The van der Waals surface area contributed by atoms with Gasteiger partial charge in [-0.1, -0.05) is 12.1 Å². The van der Waals surface area contributed by atoms with Gasteiger partial charge in [0.2, 0.25) is 10.0 Å². The number of nitrogens with zero attached hydrogens (tertiary/aromatic N) is 1. The minimum atomic E-state index is -3.71. The summed E-state index contributed by atoms with van der Waals surface area (Å²) in [5.74, 6) is -1.82. The molecule has 2 rings (SSSR count). The van der Waals surface area contributed by atoms with E-state index in [1.54, 1.807) is 27.7 Å². The van der Waals surface area contributed by atoms with Crippen molar-refractivity contribution in [3.63, 3.8) is 0 Å². The first-order valence-electron chi connectivity index (χ1n) is 10.5. The van der Waals surface area contributed by atoms with Gasteiger partial charge in [0.05, 0.1) is 18.0 Å². The van der Waals surface area contributed by atoms with E-state index in [0.717, 1.165) is 10.6 Å². The summed E-state index contributed by atoms with van der Waals surface area (Å²) in [4.78, 5) is 37.4. The predicted molar refractivity (Wildman–Crippen MR) is 129 cm³/mol. The molecule has 2 aromatic rings. The zero-order chi connectivity index (χ0) is 26.6. The Morgan fingerprint density at radius 1 is 0.971 bits per heavy atom. The second-order valence-electron chi connectivity index (χ2n) is 8.83. The molecular formula is C23H29FN4O6S. The van der Waals surface area contributed by atoms with Gasteiger partial charge in [-0.2, -0.15) is 0 Å². The molecule has 3 amide bonds. The Hall–Kier alpha value is -3.67. The highest BCUT2D eigenvalue weighted by Crippen LogP contribution is 2.22. The van der Waals surface area contributed by atoms with Crippen LogP contribution in [0, 0.1) is 5.82 Å². The lowest BCUT2D eigenvalue weighted by Gasteiger charge is -2.21. The largest absolute Gasteiger partial charge is 0.443 e. The Balaban J connectivity index is 2.32. The number of halogens is 1. The van der Waals surface area contributed by atoms with Crippen LogP contribution in [0.25, 0.3) is 0 Å². The molecule has 2 aromatic carbocycles. The molecule has 0 aliphatic heterocycles. The van der Waals surface area contributed by atoms with Crippen LogP contribution in [-0.4, -0.2) is 45.2 Å². The molecule has 0 aromatic heterocycles. The maximum absolute atomic E-state index is 13.2. The van der Waals surface area contributed by atoms with Gasteiger partial charge in [0.25, 0.3) is 11.8 Å². The van der Waals surface area contributed by atoms with Crippen LogP contribution in [0.2, 0.25) is 0 Å². The third-order valence-electron chi connectivity index (χ3n) is 4.70. The third kappa shape index (κ3) is 8.25. The SMILES string of the molecule is C[C@@H](NC(=O)c1cc(C(=O)NNC(=O)OC(C)(C)C)cc(N(C)S(C)(=O)=O)c1)c1ccc(F)cc1. The maximum Gasteiger partial charge on any atom is 0.426 e. The number of carbonyl (C=O) groups is 3. The third-order valence-corrected chi connectivity index (χ3v) is 5.90. The molecule has 10 nitrogen and oxygen atoms in total. The molecule has 0 spiro atoms. The molecule has 0 aliphatic carbocycles. The first-order chi connectivity index (χ1) is 16.1. The van der Waals surface area contributed by atoms with E-state index >= 15 is 0 Å². The number of hydrogen-bond donors (Lipinski definition) is 3. The lowest BCUT2D eigenvalue weighted by atomic mass is 10.1. The molecule has 35 heavy (non-hydrogen) atoms. The lowest BCUT2D eigenvalue weighted by Crippen LogP contribution is -2.44. The molecule has 3 N–H and O–H groups in total. The number of carbonyl (C=O) groups excluding carboxylic acids is 3. The Morgan fingerprint density at radius 2 is 1.51 bits per heavy atom. The molecule has 0 bridgehead atoms. The highest BCUT2D eigenvalue weighted by molar-refractivity contribution is 7.92. The Labute approximate surface area is 203 Å². The zero-order valence-corrected chi connectivity index (χ0v) is 21.1. The maximum atomic E-state index is 13.2. The number of hydrogen-bond acceptors (Lipinski definition) is 6. The predicted octanol–water partition coefficient (Wildman–Crippen LogP) is 2.88. The summed E-state index contributed by atoms with van der Waals surface area (Å²) in [7, 11) is -2.44. The Bertz CT molecular complexity index is 1210. The number of anilines is 1. The van der Waals surface area contributed by atoms with Crippen LogP contribution in [-0.2, 0) is 14.8 Å². The fourth-order valence-electron chi connectivity index (χ4n) is 2.84. The first-order valence-corrected chi connectivity index (χ1v) is 12.4. The number of rotatable bonds is 6. The number of amides is 3. The number of sulfonamides is 1. The smallest absolute Gasteiger partial charge is 0.426 e. The second-order valence-corrected chi connectivity index (χ2v) is 10.8. The second kappa shape index (κ2) is 10.7. The van der Waals surface area contributed by atoms with Gasteiger partial charge in [-0.25, -0.2) is 23.0 Å². The fourth-order valence-corrected chi connectivity index (χ4v) is 3.33. The number of nitrogens with one attached hydrogen (secondary N) is 3. The lowest BCUT2D eigenvalue weighted by molar-refractivity contribution is 0.0483. The molecule has 0 radical (unpaired) electrons. The van der Waals surface area contributed by atoms with Crippen molar-refractivity contribution in [2.45, 2.75) is 39.3 Å². The molecule has 0 unspecified atom stereocenters. The van der Waals surface area contributed by atoms with Gasteiger partial charge >= 0.3 is 6.09 Å². The van der Waals surface area contributed by atoms with Gasteiger partial charge in [0, 0.05) is 18.2 Å². The summed E-state index contributed by atoms with van der Waals surface area (Å²) in [6, 6.07) is 8.88. The quantitative estimate of drug-likeness (QED) is 0.514. The average Bonchev–Trinajstić information content (AvgIpc) is 2.75. The van der Waals surface area contributed by atoms with Gasteiger partial charge in [-0.05, 0) is 63.6 Å². The van der Waals surface area contributed by atoms with Crippen molar-refractivity contribution in [1.82, 2.24) is 16.2 Å². The van der Waals surface area contributed by atoms with Crippen molar-refractivity contribution < 1.29 is 31.9 Å². The molecular weight excluding hydrogens is 479 g/mol. The number of benzene rings is 2. The standard InChI is InChI=1S/C23H29FN4O6S/c1-14(15-7-9-18(24)10-8-15)25-20(29)16-11-17(13-19(12-16)28(5)35(6,32)33)21(30)26-27-22(31)34-23(2,3)4/h7-14H,1-6H3,(H,25,29)(H,26,30)(H,27,31)/t14-/m1/s1. The van der Waals surface area contributed by atoms with Crippen molar-refractivity contribution in [3.8, 4) is 0 Å². The zero-order valence-electron chi connectivity index (χ0n) is 20.3. The molecule has 0 saturated heterocycles. The minimum Gasteiger partial charge on any atom is -0.443 e. The summed E-state index contributed by atoms with van der Waals surface area (Å²) in [5, 5.41) is 2.73. The Morgan fingerprint density at radius 3 is 2.03 bits per heavy atom. The van der Waals surface area contributed by atoms with E-state index in [1.165, 1.54) is 49.5 Å². The highest BCUT2D eigenvalue weighted by Gasteiger charge is 2.21. The monoisotopic (exact) mass is 508 g/mol. The van der Waals surface area contributed by atoms with Crippen molar-refractivity contribution in [1.29, 1.82) is 0 Å². The van der Waals surface area contributed by atoms with E-state index in [2.05, 4.69) is 16.2 Å². The highest BCUT2D eigenvalue weighted by atomic mass is 32.2. The molecule has 0 saturated carbocycles. The van der Waals surface area contributed by atoms with Crippen LogP contribution in [0.4, 0.5) is 14.9 Å². The van der Waals surface area contributed by atoms with Gasteiger partial charge in [-0.3, -0.25) is 19.3 Å². The molecule has 0 aliphatic rings. The molecule has 1 atom stereocenters. The summed E-state index contributed by atoms with van der Waals surface area (Å²) in [6.45, 7) is 6.64. The van der Waals surface area contributed by atoms with Gasteiger partial charge in [0.1, 0.15) is 11.4 Å². The van der Waals surface area contributed by atoms with Crippen LogP contribution in [0.5, 0.6) is 0 Å². The minimum absolute atomic E-state index is 0.00520. The van der Waals surface area contributed by atoms with E-state index in [9.17, 15) is 27.2 Å². The Kier molecular flexibility index (Phi) is 8.45.